The van der Waals surface area contributed by atoms with Crippen LogP contribution in [0.4, 0.5) is 0 Å². The molecule has 0 amide bonds. The monoisotopic (exact) mass is 296 g/mol. The van der Waals surface area contributed by atoms with Gasteiger partial charge in [-0.15, -0.1) is 0 Å². The number of rotatable bonds is 5. The van der Waals surface area contributed by atoms with E-state index < -0.39 is 36.4 Å². The molecule has 0 rings (SSSR count). The molecule has 15 heavy (non-hydrogen) atoms. The molecule has 0 aromatic carbocycles. The van der Waals surface area contributed by atoms with Crippen LogP contribution in [-0.4, -0.2) is 102 Å². The Balaban J connectivity index is 0. The van der Waals surface area contributed by atoms with Gasteiger partial charge in [-0.1, -0.05) is 0 Å². The largest absolute Gasteiger partial charge is 2.00 e. The van der Waals surface area contributed by atoms with Gasteiger partial charge in [0, 0.05) is 0 Å². The summed E-state index contributed by atoms with van der Waals surface area (Å²) in [5, 5.41) is 54.7. The maximum absolute atomic E-state index is 9.96. The first-order valence-electron chi connectivity index (χ1n) is 3.43. The van der Waals surface area contributed by atoms with Gasteiger partial charge in [0.05, 0.1) is 11.9 Å². The van der Waals surface area contributed by atoms with E-state index in [4.69, 9.17) is 20.4 Å². The van der Waals surface area contributed by atoms with Gasteiger partial charge in [0.25, 0.3) is 0 Å². The number of aliphatic hydroxyl groups excluding tert-OH is 4. The van der Waals surface area contributed by atoms with Gasteiger partial charge < -0.3 is 40.2 Å². The first-order chi connectivity index (χ1) is 6.29. The van der Waals surface area contributed by atoms with E-state index in [-0.39, 0.29) is 45.5 Å². The van der Waals surface area contributed by atoms with Gasteiger partial charge >= 0.3 is 45.5 Å². The van der Waals surface area contributed by atoms with Crippen molar-refractivity contribution in [3.8, 4) is 0 Å². The van der Waals surface area contributed by atoms with Crippen molar-refractivity contribution in [2.24, 2.45) is 0 Å². The second-order valence-electron chi connectivity index (χ2n) is 2.51. The van der Waals surface area contributed by atoms with Crippen LogP contribution in [0.25, 0.3) is 0 Å². The molecule has 0 heterocycles. The molecule has 0 aromatic heterocycles. The Hall–Kier alpha value is 0.261. The summed E-state index contributed by atoms with van der Waals surface area (Å²) in [6.45, 7) is 0. The predicted molar refractivity (Wildman–Crippen MR) is 39.8 cm³/mol. The summed E-state index contributed by atoms with van der Waals surface area (Å²) >= 11 is 0. The second kappa shape index (κ2) is 7.52. The zero-order chi connectivity index (χ0) is 11.5. The minimum atomic E-state index is -2.50. The smallest absolute Gasteiger partial charge is 0.547 e. The van der Waals surface area contributed by atoms with Gasteiger partial charge in [0.1, 0.15) is 24.4 Å². The van der Waals surface area contributed by atoms with Crippen molar-refractivity contribution in [1.29, 1.82) is 0 Å². The zero-order valence-electron chi connectivity index (χ0n) is 7.44. The minimum absolute atomic E-state index is 0. The van der Waals surface area contributed by atoms with Crippen molar-refractivity contribution in [3.63, 3.8) is 0 Å². The van der Waals surface area contributed by atoms with E-state index in [1.165, 1.54) is 0 Å². The maximum atomic E-state index is 9.96. The molecule has 8 nitrogen and oxygen atoms in total. The summed E-state index contributed by atoms with van der Waals surface area (Å²) in [5.74, 6) is -4.22. The quantitative estimate of drug-likeness (QED) is 0.364. The average Bonchev–Trinajstić information content (AvgIpc) is 2.12. The van der Waals surface area contributed by atoms with Crippen molar-refractivity contribution in [1.82, 2.24) is 0 Å². The Morgan fingerprint density at radius 2 is 1.00 bits per heavy atom. The van der Waals surface area contributed by atoms with Gasteiger partial charge in [-0.3, -0.25) is 0 Å². The van der Waals surface area contributed by atoms with Crippen molar-refractivity contribution < 1.29 is 40.2 Å². The fraction of sp³-hybridized carbons (Fsp3) is 0.667. The molecule has 0 aliphatic heterocycles. The average molecular weight is 296 g/mol. The number of aliphatic hydroxyl groups is 4. The molecular formula is C6H8O8Sr. The van der Waals surface area contributed by atoms with Crippen LogP contribution >= 0.6 is 0 Å². The van der Waals surface area contributed by atoms with E-state index in [2.05, 4.69) is 0 Å². The van der Waals surface area contributed by atoms with Crippen LogP contribution < -0.4 is 10.2 Å². The summed E-state index contributed by atoms with van der Waals surface area (Å²) in [4.78, 5) is 19.9. The van der Waals surface area contributed by atoms with Crippen molar-refractivity contribution in [2.75, 3.05) is 0 Å². The van der Waals surface area contributed by atoms with Gasteiger partial charge in [-0.25, -0.2) is 0 Å². The Bertz CT molecular complexity index is 207. The van der Waals surface area contributed by atoms with E-state index >= 15 is 0 Å². The Morgan fingerprint density at radius 3 is 1.13 bits per heavy atom. The van der Waals surface area contributed by atoms with E-state index in [1.807, 2.05) is 0 Å². The summed E-state index contributed by atoms with van der Waals surface area (Å²) in [6, 6.07) is 0. The molecule has 0 unspecified atom stereocenters. The number of carboxylic acids is 2. The summed E-state index contributed by atoms with van der Waals surface area (Å²) < 4.78 is 0. The fourth-order valence-corrected chi connectivity index (χ4v) is 0.652. The molecule has 82 valence electrons. The topological polar surface area (TPSA) is 161 Å². The molecule has 0 spiro atoms. The molecule has 4 atom stereocenters. The van der Waals surface area contributed by atoms with Crippen LogP contribution in [0.1, 0.15) is 0 Å². The third-order valence-corrected chi connectivity index (χ3v) is 1.48. The third kappa shape index (κ3) is 5.22. The third-order valence-electron chi connectivity index (χ3n) is 1.48. The standard InChI is InChI=1S/C6H10O8.Sr/c7-1(3(9)5(11)12)2(8)4(10)6(13)14;/h1-4,7-10H,(H,11,12)(H,13,14);/q;+2/p-2/t1-,2+,3-,4-;/m1./s1. The van der Waals surface area contributed by atoms with Crippen LogP contribution in [-0.2, 0) is 9.59 Å². The second-order valence-corrected chi connectivity index (χ2v) is 2.51. The van der Waals surface area contributed by atoms with Crippen LogP contribution in [0.3, 0.4) is 0 Å². The van der Waals surface area contributed by atoms with Crippen LogP contribution in [0.15, 0.2) is 0 Å². The van der Waals surface area contributed by atoms with Crippen LogP contribution in [0.2, 0.25) is 0 Å². The number of hydrogen-bond acceptors (Lipinski definition) is 8. The van der Waals surface area contributed by atoms with Crippen LogP contribution in [0.5, 0.6) is 0 Å². The fourth-order valence-electron chi connectivity index (χ4n) is 0.652. The number of hydrogen-bond donors (Lipinski definition) is 4. The number of carboxylic acid groups (broad SMARTS) is 2. The first kappa shape index (κ1) is 17.6. The van der Waals surface area contributed by atoms with Crippen molar-refractivity contribution in [3.05, 3.63) is 0 Å². The van der Waals surface area contributed by atoms with E-state index in [0.29, 0.717) is 0 Å². The molecule has 0 aliphatic carbocycles. The zero-order valence-corrected chi connectivity index (χ0v) is 10.9. The molecule has 0 aliphatic rings. The SMILES string of the molecule is O=C([O-])[C@H](O)[C@H](O)[C@H](O)[C@@H](O)C(=O)[O-].[Sr+2]. The number of carbonyl (C=O) groups is 2. The summed E-state index contributed by atoms with van der Waals surface area (Å²) in [5.41, 5.74) is 0. The first-order valence-corrected chi connectivity index (χ1v) is 3.43. The number of aliphatic carboxylic acids is 2. The number of carbonyl (C=O) groups excluding carboxylic acids is 2. The van der Waals surface area contributed by atoms with E-state index in [0.717, 1.165) is 0 Å². The minimum Gasteiger partial charge on any atom is -0.547 e. The van der Waals surface area contributed by atoms with Gasteiger partial charge in [0.15, 0.2) is 0 Å². The van der Waals surface area contributed by atoms with Gasteiger partial charge in [0.2, 0.25) is 0 Å². The van der Waals surface area contributed by atoms with Crippen molar-refractivity contribution >= 4 is 57.4 Å². The molecule has 4 N–H and O–H groups in total. The summed E-state index contributed by atoms with van der Waals surface area (Å²) in [7, 11) is 0. The molecule has 0 aromatic rings. The Labute approximate surface area is 121 Å². The van der Waals surface area contributed by atoms with E-state index in [9.17, 15) is 19.8 Å². The predicted octanol–water partition coefficient (Wildman–Crippen LogP) is -6.45. The Morgan fingerprint density at radius 1 is 0.800 bits per heavy atom. The van der Waals surface area contributed by atoms with E-state index in [1.54, 1.807) is 0 Å². The van der Waals surface area contributed by atoms with Gasteiger partial charge in [-0.05, 0) is 0 Å². The van der Waals surface area contributed by atoms with Crippen LogP contribution in [0, 0.1) is 0 Å². The Kier molecular flexibility index (Phi) is 8.85. The maximum Gasteiger partial charge on any atom is 2.00 e. The molecule has 0 bridgehead atoms. The molecule has 0 saturated carbocycles. The molecular weight excluding hydrogens is 288 g/mol. The summed E-state index contributed by atoms with van der Waals surface area (Å²) in [6.07, 6.45) is -9.76. The molecule has 0 saturated heterocycles. The van der Waals surface area contributed by atoms with Gasteiger partial charge in [-0.2, -0.15) is 0 Å². The normalized spacial score (nSPS) is 18.1. The molecule has 0 radical (unpaired) electrons. The molecule has 0 fully saturated rings. The van der Waals surface area contributed by atoms with Crippen molar-refractivity contribution in [2.45, 2.75) is 24.4 Å². The molecule has 9 heteroatoms.